The highest BCUT2D eigenvalue weighted by Crippen LogP contribution is 2.34. The Bertz CT molecular complexity index is 573. The Kier molecular flexibility index (Phi) is 3.61. The lowest BCUT2D eigenvalue weighted by Gasteiger charge is -2.14. The Morgan fingerprint density at radius 1 is 1.11 bits per heavy atom. The molecule has 0 aliphatic heterocycles. The molecule has 2 aromatic rings. The maximum absolute atomic E-state index is 9.81. The van der Waals surface area contributed by atoms with Crippen LogP contribution in [0, 0.1) is 0 Å². The van der Waals surface area contributed by atoms with Crippen molar-refractivity contribution in [2.45, 2.75) is 6.04 Å². The lowest BCUT2D eigenvalue weighted by atomic mass is 10.0. The minimum Gasteiger partial charge on any atom is -0.508 e. The fourth-order valence-corrected chi connectivity index (χ4v) is 1.89. The molecule has 4 nitrogen and oxygen atoms in total. The van der Waals surface area contributed by atoms with Gasteiger partial charge in [0.05, 0.1) is 16.1 Å². The average Bonchev–Trinajstić information content (AvgIpc) is 2.34. The van der Waals surface area contributed by atoms with Crippen molar-refractivity contribution in [3.05, 3.63) is 51.6 Å². The van der Waals surface area contributed by atoms with Crippen LogP contribution in [0.1, 0.15) is 17.2 Å². The summed E-state index contributed by atoms with van der Waals surface area (Å²) in [5.41, 5.74) is 7.08. The van der Waals surface area contributed by atoms with Crippen molar-refractivity contribution >= 4 is 23.2 Å². The van der Waals surface area contributed by atoms with Crippen molar-refractivity contribution in [3.63, 3.8) is 0 Å². The van der Waals surface area contributed by atoms with Gasteiger partial charge >= 0.3 is 0 Å². The monoisotopic (exact) mass is 284 g/mol. The molecule has 1 atom stereocenters. The fourth-order valence-electron chi connectivity index (χ4n) is 1.56. The SMILES string of the molecule is NC(c1ccc(O)nc1)c1cc(Cl)c(Cl)cc1O. The van der Waals surface area contributed by atoms with Gasteiger partial charge in [-0.1, -0.05) is 29.3 Å². The van der Waals surface area contributed by atoms with E-state index in [0.717, 1.165) is 0 Å². The standard InChI is InChI=1S/C12H10Cl2N2O2/c13-8-3-7(10(17)4-9(8)14)12(15)6-1-2-11(18)16-5-6/h1-5,12,17H,15H2,(H,16,18). The number of nitrogens with two attached hydrogens (primary N) is 1. The molecule has 0 saturated heterocycles. The molecule has 0 aliphatic carbocycles. The van der Waals surface area contributed by atoms with E-state index in [1.165, 1.54) is 24.4 Å². The van der Waals surface area contributed by atoms with Crippen molar-refractivity contribution in [1.82, 2.24) is 4.98 Å². The summed E-state index contributed by atoms with van der Waals surface area (Å²) in [6.45, 7) is 0. The predicted molar refractivity (Wildman–Crippen MR) is 70.1 cm³/mol. The van der Waals surface area contributed by atoms with Gasteiger partial charge in [0.2, 0.25) is 5.88 Å². The summed E-state index contributed by atoms with van der Waals surface area (Å²) in [5, 5.41) is 19.5. The van der Waals surface area contributed by atoms with E-state index in [9.17, 15) is 5.11 Å². The molecular formula is C12H10Cl2N2O2. The third kappa shape index (κ3) is 2.51. The number of hydrogen-bond acceptors (Lipinski definition) is 4. The van der Waals surface area contributed by atoms with Crippen molar-refractivity contribution in [1.29, 1.82) is 0 Å². The Morgan fingerprint density at radius 2 is 1.78 bits per heavy atom. The third-order valence-electron chi connectivity index (χ3n) is 2.53. The molecule has 1 aromatic heterocycles. The Morgan fingerprint density at radius 3 is 2.39 bits per heavy atom. The van der Waals surface area contributed by atoms with Gasteiger partial charge in [0.1, 0.15) is 5.75 Å². The Balaban J connectivity index is 2.42. The molecule has 4 N–H and O–H groups in total. The van der Waals surface area contributed by atoms with Crippen molar-refractivity contribution in [3.8, 4) is 11.6 Å². The highest BCUT2D eigenvalue weighted by molar-refractivity contribution is 6.42. The molecule has 18 heavy (non-hydrogen) atoms. The highest BCUT2D eigenvalue weighted by Gasteiger charge is 2.16. The number of aromatic nitrogens is 1. The molecule has 0 radical (unpaired) electrons. The van der Waals surface area contributed by atoms with Crippen LogP contribution < -0.4 is 5.73 Å². The third-order valence-corrected chi connectivity index (χ3v) is 3.26. The van der Waals surface area contributed by atoms with Gasteiger partial charge in [-0.2, -0.15) is 0 Å². The summed E-state index contributed by atoms with van der Waals surface area (Å²) >= 11 is 11.7. The first-order valence-electron chi connectivity index (χ1n) is 5.07. The fraction of sp³-hybridized carbons (Fsp3) is 0.0833. The second kappa shape index (κ2) is 5.02. The molecule has 0 fully saturated rings. The lowest BCUT2D eigenvalue weighted by molar-refractivity contribution is 0.452. The molecule has 6 heteroatoms. The van der Waals surface area contributed by atoms with Crippen LogP contribution in [0.4, 0.5) is 0 Å². The summed E-state index contributed by atoms with van der Waals surface area (Å²) in [6.07, 6.45) is 1.43. The summed E-state index contributed by atoms with van der Waals surface area (Å²) in [4.78, 5) is 3.73. The van der Waals surface area contributed by atoms with Gasteiger partial charge in [-0.25, -0.2) is 4.98 Å². The molecular weight excluding hydrogens is 275 g/mol. The summed E-state index contributed by atoms with van der Waals surface area (Å²) in [6, 6.07) is 5.29. The zero-order valence-corrected chi connectivity index (χ0v) is 10.7. The van der Waals surface area contributed by atoms with Gasteiger partial charge in [-0.05, 0) is 11.6 Å². The minimum atomic E-state index is -0.604. The van der Waals surface area contributed by atoms with E-state index in [2.05, 4.69) is 4.98 Å². The number of aromatic hydroxyl groups is 2. The van der Waals surface area contributed by atoms with Crippen LogP contribution in [0.5, 0.6) is 11.6 Å². The van der Waals surface area contributed by atoms with E-state index in [4.69, 9.17) is 34.0 Å². The number of hydrogen-bond donors (Lipinski definition) is 3. The van der Waals surface area contributed by atoms with Gasteiger partial charge < -0.3 is 15.9 Å². The summed E-state index contributed by atoms with van der Waals surface area (Å²) in [5.74, 6) is -0.130. The summed E-state index contributed by atoms with van der Waals surface area (Å²) < 4.78 is 0. The number of nitrogens with zero attached hydrogens (tertiary/aromatic N) is 1. The number of phenolic OH excluding ortho intramolecular Hbond substituents is 1. The van der Waals surface area contributed by atoms with Gasteiger partial charge in [0.15, 0.2) is 0 Å². The molecule has 0 bridgehead atoms. The molecule has 2 rings (SSSR count). The number of halogens is 2. The second-order valence-corrected chi connectivity index (χ2v) is 4.57. The van der Waals surface area contributed by atoms with Crippen LogP contribution in [0.3, 0.4) is 0 Å². The average molecular weight is 285 g/mol. The first-order valence-corrected chi connectivity index (χ1v) is 5.83. The lowest BCUT2D eigenvalue weighted by Crippen LogP contribution is -2.12. The molecule has 1 unspecified atom stereocenters. The molecule has 0 spiro atoms. The van der Waals surface area contributed by atoms with Crippen molar-refractivity contribution in [2.24, 2.45) is 5.73 Å². The summed E-state index contributed by atoms with van der Waals surface area (Å²) in [7, 11) is 0. The van der Waals surface area contributed by atoms with Crippen molar-refractivity contribution in [2.75, 3.05) is 0 Å². The van der Waals surface area contributed by atoms with Crippen LogP contribution in [-0.2, 0) is 0 Å². The number of phenols is 1. The zero-order chi connectivity index (χ0) is 13.3. The van der Waals surface area contributed by atoms with E-state index < -0.39 is 6.04 Å². The van der Waals surface area contributed by atoms with Crippen LogP contribution in [0.2, 0.25) is 10.0 Å². The molecule has 0 aliphatic rings. The van der Waals surface area contributed by atoms with Gasteiger partial charge in [0.25, 0.3) is 0 Å². The zero-order valence-electron chi connectivity index (χ0n) is 9.14. The highest BCUT2D eigenvalue weighted by atomic mass is 35.5. The Labute approximate surface area is 114 Å². The molecule has 0 amide bonds. The van der Waals surface area contributed by atoms with E-state index in [1.807, 2.05) is 0 Å². The van der Waals surface area contributed by atoms with Crippen LogP contribution in [0.15, 0.2) is 30.5 Å². The van der Waals surface area contributed by atoms with Crippen LogP contribution >= 0.6 is 23.2 Å². The van der Waals surface area contributed by atoms with Crippen molar-refractivity contribution < 1.29 is 10.2 Å². The van der Waals surface area contributed by atoms with Gasteiger partial charge in [-0.3, -0.25) is 0 Å². The maximum Gasteiger partial charge on any atom is 0.210 e. The molecule has 1 aromatic carbocycles. The van der Waals surface area contributed by atoms with Crippen LogP contribution in [-0.4, -0.2) is 15.2 Å². The number of pyridine rings is 1. The van der Waals surface area contributed by atoms with Crippen LogP contribution in [0.25, 0.3) is 0 Å². The molecule has 0 saturated carbocycles. The molecule has 94 valence electrons. The topological polar surface area (TPSA) is 79.4 Å². The van der Waals surface area contributed by atoms with E-state index in [0.29, 0.717) is 16.1 Å². The predicted octanol–water partition coefficient (Wildman–Crippen LogP) is 2.85. The quantitative estimate of drug-likeness (QED) is 0.792. The molecule has 1 heterocycles. The number of rotatable bonds is 2. The Hall–Kier alpha value is -1.49. The minimum absolute atomic E-state index is 0.0371. The first kappa shape index (κ1) is 13.0. The van der Waals surface area contributed by atoms with E-state index >= 15 is 0 Å². The first-order chi connectivity index (χ1) is 8.49. The largest absolute Gasteiger partial charge is 0.508 e. The van der Waals surface area contributed by atoms with Gasteiger partial charge in [-0.15, -0.1) is 0 Å². The second-order valence-electron chi connectivity index (χ2n) is 3.75. The number of benzene rings is 1. The van der Waals surface area contributed by atoms with E-state index in [-0.39, 0.29) is 16.7 Å². The van der Waals surface area contributed by atoms with E-state index in [1.54, 1.807) is 6.07 Å². The van der Waals surface area contributed by atoms with Gasteiger partial charge in [0, 0.05) is 23.9 Å². The smallest absolute Gasteiger partial charge is 0.210 e. The maximum atomic E-state index is 9.81. The normalized spacial score (nSPS) is 12.4.